The number of hydrogen-bond donors (Lipinski definition) is 2. The number of nitrogens with zero attached hydrogens (tertiary/aromatic N) is 3. The Hall–Kier alpha value is -4.29. The van der Waals surface area contributed by atoms with E-state index in [4.69, 9.17) is 22.4 Å². The Balaban J connectivity index is 0.00000124. The summed E-state index contributed by atoms with van der Waals surface area (Å²) in [5.74, 6) is -0.533. The summed E-state index contributed by atoms with van der Waals surface area (Å²) in [6, 6.07) is 14.7. The van der Waals surface area contributed by atoms with Gasteiger partial charge in [0.25, 0.3) is 26.7 Å². The Bertz CT molecular complexity index is 2440. The smallest absolute Gasteiger partial charge is 0.425 e. The second kappa shape index (κ2) is 14.6. The molecule has 0 atom stereocenters. The number of rotatable bonds is 10. The maximum atomic E-state index is 12.1. The summed E-state index contributed by atoms with van der Waals surface area (Å²) in [5, 5.41) is 1.80. The highest BCUT2D eigenvalue weighted by Gasteiger charge is 2.38. The van der Waals surface area contributed by atoms with E-state index in [0.29, 0.717) is 54.9 Å². The van der Waals surface area contributed by atoms with Gasteiger partial charge in [-0.15, -0.1) is 12.6 Å². The van der Waals surface area contributed by atoms with Gasteiger partial charge in [0.1, 0.15) is 17.2 Å². The highest BCUT2D eigenvalue weighted by Crippen LogP contribution is 2.47. The first kappa shape index (κ1) is 38.9. The van der Waals surface area contributed by atoms with Crippen molar-refractivity contribution in [1.29, 1.82) is 0 Å². The van der Waals surface area contributed by atoms with Crippen LogP contribution in [0.25, 0.3) is 5.57 Å². The van der Waals surface area contributed by atoms with Gasteiger partial charge in [-0.2, -0.15) is 16.8 Å². The lowest BCUT2D eigenvalue weighted by Crippen LogP contribution is -2.46. The summed E-state index contributed by atoms with van der Waals surface area (Å²) in [5.41, 5.74) is 5.08. The van der Waals surface area contributed by atoms with E-state index < -0.39 is 47.6 Å². The fraction of sp³-hybridized carbons (Fsp3) is 0.400. The molecule has 14 nitrogen and oxygen atoms in total. The number of carbonyl (C=O) groups excluding carboxylic acids is 1. The van der Waals surface area contributed by atoms with Crippen molar-refractivity contribution in [3.8, 4) is 0 Å². The van der Waals surface area contributed by atoms with Crippen molar-refractivity contribution >= 4 is 54.3 Å². The van der Waals surface area contributed by atoms with Crippen LogP contribution in [0.2, 0.25) is 0 Å². The molecule has 0 spiro atoms. The van der Waals surface area contributed by atoms with Crippen molar-refractivity contribution in [2.24, 2.45) is 4.99 Å². The Morgan fingerprint density at radius 2 is 1.69 bits per heavy atom. The number of ether oxygens (including phenoxy) is 1. The van der Waals surface area contributed by atoms with Gasteiger partial charge >= 0.3 is 10.6 Å². The molecule has 0 fully saturated rings. The molecule has 17 heteroatoms. The van der Waals surface area contributed by atoms with Gasteiger partial charge in [-0.3, -0.25) is 13.9 Å². The van der Waals surface area contributed by atoms with E-state index in [0.717, 1.165) is 45.9 Å². The van der Waals surface area contributed by atoms with E-state index >= 15 is 0 Å². The van der Waals surface area contributed by atoms with Crippen molar-refractivity contribution in [1.82, 2.24) is 4.58 Å². The van der Waals surface area contributed by atoms with Crippen LogP contribution in [0.5, 0.6) is 0 Å². The van der Waals surface area contributed by atoms with Crippen LogP contribution in [0.15, 0.2) is 64.5 Å². The monoisotopic (exact) mass is 774 g/mol. The first-order chi connectivity index (χ1) is 24.2. The number of anilines is 1. The predicted octanol–water partition coefficient (Wildman–Crippen LogP) is 2.59. The van der Waals surface area contributed by atoms with E-state index in [1.165, 1.54) is 6.07 Å². The minimum absolute atomic E-state index is 0.100. The lowest BCUT2D eigenvalue weighted by atomic mass is 9.73. The van der Waals surface area contributed by atoms with Crippen LogP contribution in [0, 0.1) is 0 Å². The quantitative estimate of drug-likeness (QED) is 0.132. The summed E-state index contributed by atoms with van der Waals surface area (Å²) in [7, 11) is -11.8. The highest BCUT2D eigenvalue weighted by molar-refractivity contribution is 7.86. The van der Waals surface area contributed by atoms with Gasteiger partial charge in [0, 0.05) is 46.8 Å². The second-order valence-corrected chi connectivity index (χ2v) is 17.2. The van der Waals surface area contributed by atoms with Crippen LogP contribution in [0.3, 0.4) is 0 Å². The summed E-state index contributed by atoms with van der Waals surface area (Å²) in [6.45, 7) is 10.4. The molecule has 278 valence electrons. The maximum Gasteiger partial charge on any atom is 0.425 e. The van der Waals surface area contributed by atoms with Crippen molar-refractivity contribution in [3.05, 3.63) is 93.1 Å². The molecule has 6 rings (SSSR count). The summed E-state index contributed by atoms with van der Waals surface area (Å²) >= 11 is 0. The van der Waals surface area contributed by atoms with E-state index in [1.54, 1.807) is 18.2 Å². The number of benzene rings is 3. The zero-order chi connectivity index (χ0) is 38.2. The molecule has 3 aliphatic heterocycles. The Kier molecular flexibility index (Phi) is 10.9. The van der Waals surface area contributed by atoms with Crippen LogP contribution >= 0.6 is 0 Å². The van der Waals surface area contributed by atoms with Gasteiger partial charge in [0.05, 0.1) is 23.2 Å². The number of fused-ring (bicyclic) bond motifs is 4. The molecular weight excluding hydrogens is 735 g/mol. The van der Waals surface area contributed by atoms with Crippen LogP contribution in [0.4, 0.5) is 11.4 Å². The van der Waals surface area contributed by atoms with Crippen molar-refractivity contribution in [3.63, 3.8) is 0 Å². The van der Waals surface area contributed by atoms with Crippen LogP contribution in [-0.2, 0) is 58.8 Å². The fourth-order valence-electron chi connectivity index (χ4n) is 7.44. The molecular formula is C35H40N3O11S3+. The first-order valence-corrected chi connectivity index (χ1v) is 20.4. The van der Waals surface area contributed by atoms with Crippen LogP contribution in [-0.4, -0.2) is 76.0 Å². The standard InChI is InChI=1S/C35H39N3O8S2.O3S/c1-34(2)19-25(21-47(40,41)42)26-16-30-28(18-32(26)38(34)13-8-14-46-22-39)35(3,4)27-17-31-23(15-29(27)36-30)10-7-12-37(31)20-24-9-5-6-11-33(24)48(43,44)45;1-4(2)3/h5-6,9,11,15-19,22H,7-8,10,12-14,20-21H2,1-4H3,(H-,40,41,42,43,44,45);/p+1. The molecule has 3 heterocycles. The van der Waals surface area contributed by atoms with Crippen molar-refractivity contribution < 1.29 is 48.1 Å². The van der Waals surface area contributed by atoms with Gasteiger partial charge in [-0.1, -0.05) is 38.1 Å². The molecule has 0 amide bonds. The van der Waals surface area contributed by atoms with E-state index in [-0.39, 0.29) is 11.5 Å². The number of hydrogen-bond acceptors (Lipinski definition) is 11. The van der Waals surface area contributed by atoms with Crippen molar-refractivity contribution in [2.75, 3.05) is 30.3 Å². The van der Waals surface area contributed by atoms with E-state index in [1.807, 2.05) is 26.0 Å². The Morgan fingerprint density at radius 1 is 1.00 bits per heavy atom. The zero-order valence-electron chi connectivity index (χ0n) is 29.1. The van der Waals surface area contributed by atoms with Gasteiger partial charge in [-0.05, 0) is 67.7 Å². The third-order valence-corrected chi connectivity index (χ3v) is 11.3. The molecule has 0 unspecified atom stereocenters. The number of carbonyl (C=O) groups is 1. The van der Waals surface area contributed by atoms with Gasteiger partial charge in [-0.25, -0.2) is 9.57 Å². The molecule has 0 saturated heterocycles. The van der Waals surface area contributed by atoms with Crippen LogP contribution < -0.4 is 20.2 Å². The van der Waals surface area contributed by atoms with E-state index in [2.05, 4.69) is 41.5 Å². The lowest BCUT2D eigenvalue weighted by molar-refractivity contribution is -0.128. The van der Waals surface area contributed by atoms with Gasteiger partial charge < -0.3 is 9.64 Å². The van der Waals surface area contributed by atoms with E-state index in [9.17, 15) is 30.7 Å². The van der Waals surface area contributed by atoms with Gasteiger partial charge in [0.15, 0.2) is 6.54 Å². The summed E-state index contributed by atoms with van der Waals surface area (Å²) in [4.78, 5) is 17.9. The summed E-state index contributed by atoms with van der Waals surface area (Å²) in [6.07, 6.45) is 4.11. The minimum Gasteiger partial charge on any atom is -0.468 e. The largest absolute Gasteiger partial charge is 0.468 e. The third kappa shape index (κ3) is 8.33. The minimum atomic E-state index is -4.39. The first-order valence-electron chi connectivity index (χ1n) is 16.4. The lowest BCUT2D eigenvalue weighted by Gasteiger charge is -2.45. The highest BCUT2D eigenvalue weighted by atomic mass is 32.2. The van der Waals surface area contributed by atoms with Gasteiger partial charge in [0.2, 0.25) is 5.36 Å². The molecule has 0 bridgehead atoms. The molecule has 0 radical (unpaired) electrons. The molecule has 52 heavy (non-hydrogen) atoms. The summed E-state index contributed by atoms with van der Waals surface area (Å²) < 4.78 is 101. The molecule has 3 aromatic carbocycles. The molecule has 0 aliphatic carbocycles. The zero-order valence-corrected chi connectivity index (χ0v) is 31.5. The molecule has 3 aliphatic rings. The molecule has 0 aromatic heterocycles. The Labute approximate surface area is 303 Å². The SMILES string of the molecule is CC1(C)c2cc3c(cc2N=c2cc4c(cc21)=[N+](Cc1ccccc1S(=O)(=O)O)CCC4)C(CS(=O)(=O)O)=CC(C)(C)N3CCCOC=O.O=S(=O)=O. The van der Waals surface area contributed by atoms with Crippen molar-refractivity contribution in [2.45, 2.75) is 69.4 Å². The fourth-order valence-corrected chi connectivity index (χ4v) is 8.79. The maximum absolute atomic E-state index is 12.1. The third-order valence-electron chi connectivity index (χ3n) is 9.63. The second-order valence-electron chi connectivity index (χ2n) is 14.0. The van der Waals surface area contributed by atoms with Crippen LogP contribution in [0.1, 0.15) is 68.4 Å². The molecule has 0 saturated carbocycles. The topological polar surface area (TPSA) is 205 Å². The Morgan fingerprint density at radius 3 is 2.35 bits per heavy atom. The normalized spacial score (nSPS) is 16.8. The average molecular weight is 775 g/mol. The predicted molar refractivity (Wildman–Crippen MR) is 192 cm³/mol. The number of aryl methyl sites for hydroxylation is 1. The average Bonchev–Trinajstić information content (AvgIpc) is 3.02. The molecule has 2 N–H and O–H groups in total. The molecule has 3 aromatic rings.